The lowest BCUT2D eigenvalue weighted by molar-refractivity contribution is -0.121. The molecule has 5 nitrogen and oxygen atoms in total. The van der Waals surface area contributed by atoms with Crippen molar-refractivity contribution in [1.29, 1.82) is 0 Å². The first-order valence-corrected chi connectivity index (χ1v) is 11.0. The highest BCUT2D eigenvalue weighted by Gasteiger charge is 2.16. The Balaban J connectivity index is 1.27. The Kier molecular flexibility index (Phi) is 5.77. The van der Waals surface area contributed by atoms with Gasteiger partial charge in [-0.1, -0.05) is 48.5 Å². The van der Waals surface area contributed by atoms with Gasteiger partial charge in [-0.15, -0.1) is 0 Å². The van der Waals surface area contributed by atoms with E-state index in [-0.39, 0.29) is 18.4 Å². The maximum atomic E-state index is 12.9. The van der Waals surface area contributed by atoms with Crippen molar-refractivity contribution >= 4 is 27.6 Å². The average Bonchev–Trinajstić information content (AvgIpc) is 3.26. The molecule has 0 aliphatic rings. The van der Waals surface area contributed by atoms with Crippen molar-refractivity contribution in [2.75, 3.05) is 0 Å². The second-order valence-electron chi connectivity index (χ2n) is 8.07. The summed E-state index contributed by atoms with van der Waals surface area (Å²) in [7, 11) is 0. The fraction of sp³-hybridized carbons (Fsp3) is 0.143. The summed E-state index contributed by atoms with van der Waals surface area (Å²) in [6.07, 6.45) is 3.69. The smallest absolute Gasteiger partial charge is 0.225 e. The van der Waals surface area contributed by atoms with E-state index in [1.807, 2.05) is 73.7 Å². The van der Waals surface area contributed by atoms with Gasteiger partial charge in [0.15, 0.2) is 0 Å². The summed E-state index contributed by atoms with van der Waals surface area (Å²) < 4.78 is 11.6. The molecule has 5 heteroatoms. The van der Waals surface area contributed by atoms with Crippen LogP contribution in [-0.4, -0.2) is 10.9 Å². The molecule has 3 aromatic carbocycles. The number of pyridine rings is 1. The maximum Gasteiger partial charge on any atom is 0.225 e. The van der Waals surface area contributed by atoms with E-state index < -0.39 is 0 Å². The highest BCUT2D eigenvalue weighted by Crippen LogP contribution is 2.30. The predicted molar refractivity (Wildman–Crippen MR) is 129 cm³/mol. The standard InChI is InChI=1S/C28H24N2O3/c1-19(21-8-6-10-24(15-21)32-18-23-9-4-5-14-29-23)30-27(31)16-22-17-33-26-13-12-20-7-2-3-11-25(20)28(22)26/h2-15,17,19H,16,18H2,1H3,(H,30,31). The number of aromatic nitrogens is 1. The zero-order valence-corrected chi connectivity index (χ0v) is 18.3. The summed E-state index contributed by atoms with van der Waals surface area (Å²) in [5.41, 5.74) is 3.52. The Labute approximate surface area is 192 Å². The number of rotatable bonds is 7. The van der Waals surface area contributed by atoms with E-state index in [2.05, 4.69) is 22.4 Å². The third-order valence-corrected chi connectivity index (χ3v) is 5.74. The number of amides is 1. The molecule has 1 atom stereocenters. The molecule has 33 heavy (non-hydrogen) atoms. The summed E-state index contributed by atoms with van der Waals surface area (Å²) >= 11 is 0. The van der Waals surface area contributed by atoms with E-state index in [9.17, 15) is 4.79 Å². The zero-order valence-electron chi connectivity index (χ0n) is 18.3. The van der Waals surface area contributed by atoms with E-state index in [0.29, 0.717) is 6.61 Å². The largest absolute Gasteiger partial charge is 0.487 e. The fourth-order valence-corrected chi connectivity index (χ4v) is 4.07. The SMILES string of the molecule is CC(NC(=O)Cc1coc2ccc3ccccc3c12)c1cccc(OCc2ccccn2)c1. The fourth-order valence-electron chi connectivity index (χ4n) is 4.07. The maximum absolute atomic E-state index is 12.9. The second-order valence-corrected chi connectivity index (χ2v) is 8.07. The van der Waals surface area contributed by atoms with Crippen molar-refractivity contribution in [3.05, 3.63) is 108 Å². The third kappa shape index (κ3) is 4.58. The number of fused-ring (bicyclic) bond motifs is 3. The van der Waals surface area contributed by atoms with E-state index in [0.717, 1.165) is 44.3 Å². The van der Waals surface area contributed by atoms with Crippen molar-refractivity contribution in [1.82, 2.24) is 10.3 Å². The van der Waals surface area contributed by atoms with Gasteiger partial charge >= 0.3 is 0 Å². The molecule has 0 radical (unpaired) electrons. The van der Waals surface area contributed by atoms with Crippen LogP contribution in [0.2, 0.25) is 0 Å². The van der Waals surface area contributed by atoms with Crippen molar-refractivity contribution in [3.8, 4) is 5.75 Å². The average molecular weight is 437 g/mol. The topological polar surface area (TPSA) is 64.4 Å². The molecule has 2 aromatic heterocycles. The highest BCUT2D eigenvalue weighted by molar-refractivity contribution is 6.08. The lowest BCUT2D eigenvalue weighted by Crippen LogP contribution is -2.28. The van der Waals surface area contributed by atoms with Gasteiger partial charge in [-0.2, -0.15) is 0 Å². The molecule has 1 N–H and O–H groups in total. The van der Waals surface area contributed by atoms with Gasteiger partial charge in [0.25, 0.3) is 0 Å². The van der Waals surface area contributed by atoms with Crippen LogP contribution in [0.1, 0.15) is 29.8 Å². The minimum absolute atomic E-state index is 0.0575. The molecule has 1 unspecified atom stereocenters. The Hall–Kier alpha value is -4.12. The number of carbonyl (C=O) groups excluding carboxylic acids is 1. The number of nitrogens with zero attached hydrogens (tertiary/aromatic N) is 1. The Morgan fingerprint density at radius 1 is 1.03 bits per heavy atom. The van der Waals surface area contributed by atoms with Crippen molar-refractivity contribution in [3.63, 3.8) is 0 Å². The minimum atomic E-state index is -0.161. The van der Waals surface area contributed by atoms with Crippen LogP contribution in [0.4, 0.5) is 0 Å². The van der Waals surface area contributed by atoms with Gasteiger partial charge in [-0.25, -0.2) is 0 Å². The highest BCUT2D eigenvalue weighted by atomic mass is 16.5. The molecule has 0 saturated heterocycles. The van der Waals surface area contributed by atoms with Crippen LogP contribution in [0, 0.1) is 0 Å². The molecule has 0 aliphatic heterocycles. The predicted octanol–water partition coefficient (Wildman–Crippen LogP) is 5.98. The first-order valence-electron chi connectivity index (χ1n) is 11.0. The van der Waals surface area contributed by atoms with Gasteiger partial charge in [0.05, 0.1) is 24.4 Å². The van der Waals surface area contributed by atoms with Gasteiger partial charge in [-0.3, -0.25) is 9.78 Å². The Morgan fingerprint density at radius 2 is 1.91 bits per heavy atom. The number of nitrogens with one attached hydrogen (secondary N) is 1. The number of hydrogen-bond acceptors (Lipinski definition) is 4. The van der Waals surface area contributed by atoms with Gasteiger partial charge in [0, 0.05) is 17.1 Å². The molecular weight excluding hydrogens is 412 g/mol. The molecule has 0 aliphatic carbocycles. The van der Waals surface area contributed by atoms with E-state index in [1.54, 1.807) is 12.5 Å². The van der Waals surface area contributed by atoms with E-state index >= 15 is 0 Å². The van der Waals surface area contributed by atoms with Crippen molar-refractivity contribution in [2.24, 2.45) is 0 Å². The zero-order chi connectivity index (χ0) is 22.6. The van der Waals surface area contributed by atoms with Crippen molar-refractivity contribution < 1.29 is 13.9 Å². The lowest BCUT2D eigenvalue weighted by atomic mass is 10.0. The molecule has 0 fully saturated rings. The second kappa shape index (κ2) is 9.17. The molecule has 0 saturated carbocycles. The molecule has 2 heterocycles. The van der Waals surface area contributed by atoms with Crippen LogP contribution in [0.5, 0.6) is 5.75 Å². The molecule has 0 bridgehead atoms. The Bertz CT molecular complexity index is 1410. The number of furan rings is 1. The molecular formula is C28H24N2O3. The molecule has 5 rings (SSSR count). The summed E-state index contributed by atoms with van der Waals surface area (Å²) in [6.45, 7) is 2.37. The van der Waals surface area contributed by atoms with Crippen LogP contribution < -0.4 is 10.1 Å². The van der Waals surface area contributed by atoms with Gasteiger partial charge in [0.2, 0.25) is 5.91 Å². The molecule has 1 amide bonds. The first-order chi connectivity index (χ1) is 16.2. The summed E-state index contributed by atoms with van der Waals surface area (Å²) in [6, 6.07) is 25.5. The van der Waals surface area contributed by atoms with Gasteiger partial charge in [0.1, 0.15) is 17.9 Å². The lowest BCUT2D eigenvalue weighted by Gasteiger charge is -2.15. The number of benzene rings is 3. The minimum Gasteiger partial charge on any atom is -0.487 e. The van der Waals surface area contributed by atoms with E-state index in [4.69, 9.17) is 9.15 Å². The van der Waals surface area contributed by atoms with Crippen LogP contribution in [0.15, 0.2) is 95.7 Å². The number of carbonyl (C=O) groups is 1. The first kappa shape index (κ1) is 20.8. The summed E-state index contributed by atoms with van der Waals surface area (Å²) in [5.74, 6) is 0.685. The quantitative estimate of drug-likeness (QED) is 0.341. The monoisotopic (exact) mass is 436 g/mol. The van der Waals surface area contributed by atoms with E-state index in [1.165, 1.54) is 0 Å². The molecule has 0 spiro atoms. The van der Waals surface area contributed by atoms with Gasteiger partial charge in [-0.05, 0) is 53.6 Å². The van der Waals surface area contributed by atoms with Gasteiger partial charge < -0.3 is 14.5 Å². The number of ether oxygens (including phenoxy) is 1. The van der Waals surface area contributed by atoms with Crippen LogP contribution in [-0.2, 0) is 17.8 Å². The summed E-state index contributed by atoms with van der Waals surface area (Å²) in [4.78, 5) is 17.2. The molecule has 5 aromatic rings. The van der Waals surface area contributed by atoms with Crippen LogP contribution >= 0.6 is 0 Å². The molecule has 164 valence electrons. The third-order valence-electron chi connectivity index (χ3n) is 5.74. The van der Waals surface area contributed by atoms with Crippen molar-refractivity contribution in [2.45, 2.75) is 26.0 Å². The normalized spacial score (nSPS) is 12.0. The summed E-state index contributed by atoms with van der Waals surface area (Å²) in [5, 5.41) is 6.32. The van der Waals surface area contributed by atoms with Crippen LogP contribution in [0.3, 0.4) is 0 Å². The number of hydrogen-bond donors (Lipinski definition) is 1. The van der Waals surface area contributed by atoms with Crippen LogP contribution in [0.25, 0.3) is 21.7 Å². The Morgan fingerprint density at radius 3 is 2.79 bits per heavy atom.